The van der Waals surface area contributed by atoms with E-state index in [1.165, 1.54) is 18.7 Å². The van der Waals surface area contributed by atoms with E-state index in [-0.39, 0.29) is 12.1 Å². The number of hydrogen-bond acceptors (Lipinski definition) is 3. The summed E-state index contributed by atoms with van der Waals surface area (Å²) in [7, 11) is 0. The molecule has 2 amide bonds. The van der Waals surface area contributed by atoms with Crippen LogP contribution in [0.1, 0.15) is 47.5 Å². The molecule has 6 nitrogen and oxygen atoms in total. The Morgan fingerprint density at radius 3 is 2.35 bits per heavy atom. The number of hydrogen-bond donors (Lipinski definition) is 2. The summed E-state index contributed by atoms with van der Waals surface area (Å²) in [5, 5.41) is 11.9. The standard InChI is InChI=1S/C14H28N2O4/c1-6-16(14(4,5)12(17)18)13(19)15-9-7-8-10-20-11(2)3/h11H,6-10H2,1-5H3,(H,15,19)(H,17,18). The van der Waals surface area contributed by atoms with Crippen LogP contribution in [-0.4, -0.2) is 53.3 Å². The number of ether oxygens (including phenoxy) is 1. The first-order valence-electron chi connectivity index (χ1n) is 7.14. The van der Waals surface area contributed by atoms with Gasteiger partial charge in [0, 0.05) is 19.7 Å². The van der Waals surface area contributed by atoms with E-state index >= 15 is 0 Å². The van der Waals surface area contributed by atoms with Gasteiger partial charge in [-0.15, -0.1) is 0 Å². The number of unbranched alkanes of at least 4 members (excludes halogenated alkanes) is 1. The molecule has 0 spiro atoms. The molecule has 0 saturated heterocycles. The number of aliphatic carboxylic acids is 1. The lowest BCUT2D eigenvalue weighted by Crippen LogP contribution is -2.56. The van der Waals surface area contributed by atoms with Gasteiger partial charge in [-0.25, -0.2) is 9.59 Å². The van der Waals surface area contributed by atoms with E-state index in [1.54, 1.807) is 6.92 Å². The number of urea groups is 1. The molecule has 20 heavy (non-hydrogen) atoms. The molecular weight excluding hydrogens is 260 g/mol. The summed E-state index contributed by atoms with van der Waals surface area (Å²) in [6, 6.07) is -0.343. The van der Waals surface area contributed by atoms with Crippen LogP contribution in [0.4, 0.5) is 4.79 Å². The molecule has 0 aromatic heterocycles. The summed E-state index contributed by atoms with van der Waals surface area (Å²) >= 11 is 0. The molecule has 0 bridgehead atoms. The minimum Gasteiger partial charge on any atom is -0.480 e. The van der Waals surface area contributed by atoms with Crippen LogP contribution in [0.2, 0.25) is 0 Å². The fourth-order valence-electron chi connectivity index (χ4n) is 1.75. The molecule has 0 heterocycles. The van der Waals surface area contributed by atoms with Crippen LogP contribution in [0.5, 0.6) is 0 Å². The summed E-state index contributed by atoms with van der Waals surface area (Å²) in [6.45, 7) is 10.3. The van der Waals surface area contributed by atoms with E-state index in [1.807, 2.05) is 13.8 Å². The maximum Gasteiger partial charge on any atom is 0.329 e. The summed E-state index contributed by atoms with van der Waals surface area (Å²) in [4.78, 5) is 24.5. The molecule has 118 valence electrons. The first kappa shape index (κ1) is 18.7. The maximum atomic E-state index is 12.0. The molecule has 2 N–H and O–H groups in total. The van der Waals surface area contributed by atoms with Crippen molar-refractivity contribution in [1.29, 1.82) is 0 Å². The van der Waals surface area contributed by atoms with E-state index in [2.05, 4.69) is 5.32 Å². The summed E-state index contributed by atoms with van der Waals surface area (Å²) in [6.07, 6.45) is 1.90. The smallest absolute Gasteiger partial charge is 0.329 e. The van der Waals surface area contributed by atoms with Crippen LogP contribution < -0.4 is 5.32 Å². The van der Waals surface area contributed by atoms with Crippen LogP contribution >= 0.6 is 0 Å². The Morgan fingerprint density at radius 2 is 1.90 bits per heavy atom. The number of rotatable bonds is 9. The molecule has 0 radical (unpaired) electrons. The van der Waals surface area contributed by atoms with Gasteiger partial charge < -0.3 is 20.1 Å². The Labute approximate surface area is 121 Å². The molecule has 0 aliphatic carbocycles. The Bertz CT molecular complexity index is 316. The lowest BCUT2D eigenvalue weighted by molar-refractivity contribution is -0.147. The van der Waals surface area contributed by atoms with E-state index < -0.39 is 11.5 Å². The number of amides is 2. The van der Waals surface area contributed by atoms with E-state index in [0.717, 1.165) is 12.8 Å². The summed E-state index contributed by atoms with van der Waals surface area (Å²) < 4.78 is 5.40. The quantitative estimate of drug-likeness (QED) is 0.637. The first-order chi connectivity index (χ1) is 9.23. The number of carboxylic acid groups (broad SMARTS) is 1. The highest BCUT2D eigenvalue weighted by atomic mass is 16.5. The zero-order valence-corrected chi connectivity index (χ0v) is 13.2. The highest BCUT2D eigenvalue weighted by Gasteiger charge is 2.36. The number of carbonyl (C=O) groups is 2. The fraction of sp³-hybridized carbons (Fsp3) is 0.857. The molecule has 0 rings (SSSR count). The van der Waals surface area contributed by atoms with Crippen LogP contribution in [0, 0.1) is 0 Å². The predicted molar refractivity (Wildman–Crippen MR) is 77.8 cm³/mol. The van der Waals surface area contributed by atoms with Gasteiger partial charge in [-0.2, -0.15) is 0 Å². The molecule has 0 aliphatic rings. The maximum absolute atomic E-state index is 12.0. The number of carboxylic acids is 1. The molecule has 0 saturated carbocycles. The molecule has 0 unspecified atom stereocenters. The lowest BCUT2D eigenvalue weighted by atomic mass is 10.0. The van der Waals surface area contributed by atoms with Gasteiger partial charge in [-0.1, -0.05) is 0 Å². The Kier molecular flexibility index (Phi) is 8.22. The third-order valence-electron chi connectivity index (χ3n) is 3.06. The van der Waals surface area contributed by atoms with Crippen molar-refractivity contribution in [2.75, 3.05) is 19.7 Å². The lowest BCUT2D eigenvalue weighted by Gasteiger charge is -2.34. The van der Waals surface area contributed by atoms with Gasteiger partial charge in [-0.3, -0.25) is 0 Å². The molecular formula is C14H28N2O4. The second-order valence-electron chi connectivity index (χ2n) is 5.47. The third kappa shape index (κ3) is 6.23. The number of likely N-dealkylation sites (N-methyl/N-ethyl adjacent to an activating group) is 1. The zero-order chi connectivity index (χ0) is 15.8. The van der Waals surface area contributed by atoms with Gasteiger partial charge in [0.1, 0.15) is 5.54 Å². The fourth-order valence-corrected chi connectivity index (χ4v) is 1.75. The highest BCUT2D eigenvalue weighted by molar-refractivity contribution is 5.85. The molecule has 0 fully saturated rings. The molecule has 6 heteroatoms. The Balaban J connectivity index is 4.09. The van der Waals surface area contributed by atoms with E-state index in [4.69, 9.17) is 9.84 Å². The summed E-state index contributed by atoms with van der Waals surface area (Å²) in [5.41, 5.74) is -1.21. The molecule has 0 aromatic rings. The largest absolute Gasteiger partial charge is 0.480 e. The molecule has 0 atom stereocenters. The van der Waals surface area contributed by atoms with Crippen LogP contribution in [-0.2, 0) is 9.53 Å². The number of carbonyl (C=O) groups excluding carboxylic acids is 1. The second kappa shape index (κ2) is 8.79. The summed E-state index contributed by atoms with van der Waals surface area (Å²) in [5.74, 6) is -1.01. The number of nitrogens with one attached hydrogen (secondary N) is 1. The van der Waals surface area contributed by atoms with Gasteiger partial charge >= 0.3 is 12.0 Å². The van der Waals surface area contributed by atoms with Crippen LogP contribution in [0.25, 0.3) is 0 Å². The van der Waals surface area contributed by atoms with Gasteiger partial charge in [0.25, 0.3) is 0 Å². The Hall–Kier alpha value is -1.30. The number of nitrogens with zero attached hydrogens (tertiary/aromatic N) is 1. The first-order valence-corrected chi connectivity index (χ1v) is 7.14. The predicted octanol–water partition coefficient (Wildman–Crippen LogP) is 2.09. The van der Waals surface area contributed by atoms with Gasteiger partial charge in [-0.05, 0) is 47.5 Å². The monoisotopic (exact) mass is 288 g/mol. The normalized spacial score (nSPS) is 11.5. The van der Waals surface area contributed by atoms with Crippen molar-refractivity contribution in [2.24, 2.45) is 0 Å². The van der Waals surface area contributed by atoms with Gasteiger partial charge in [0.05, 0.1) is 6.10 Å². The van der Waals surface area contributed by atoms with Crippen molar-refractivity contribution in [3.8, 4) is 0 Å². The molecule has 0 aromatic carbocycles. The average molecular weight is 288 g/mol. The van der Waals surface area contributed by atoms with Crippen LogP contribution in [0.15, 0.2) is 0 Å². The highest BCUT2D eigenvalue weighted by Crippen LogP contribution is 2.14. The average Bonchev–Trinajstić information content (AvgIpc) is 2.33. The minimum atomic E-state index is -1.21. The van der Waals surface area contributed by atoms with Crippen molar-refractivity contribution in [2.45, 2.75) is 59.1 Å². The van der Waals surface area contributed by atoms with E-state index in [0.29, 0.717) is 19.7 Å². The topological polar surface area (TPSA) is 78.9 Å². The zero-order valence-electron chi connectivity index (χ0n) is 13.2. The van der Waals surface area contributed by atoms with E-state index in [9.17, 15) is 9.59 Å². The second-order valence-corrected chi connectivity index (χ2v) is 5.47. The van der Waals surface area contributed by atoms with Crippen molar-refractivity contribution >= 4 is 12.0 Å². The van der Waals surface area contributed by atoms with Gasteiger partial charge in [0.2, 0.25) is 0 Å². The van der Waals surface area contributed by atoms with Crippen molar-refractivity contribution < 1.29 is 19.4 Å². The molecule has 0 aliphatic heterocycles. The SMILES string of the molecule is CCN(C(=O)NCCCCOC(C)C)C(C)(C)C(=O)O. The van der Waals surface area contributed by atoms with Crippen molar-refractivity contribution in [3.63, 3.8) is 0 Å². The third-order valence-corrected chi connectivity index (χ3v) is 3.06. The van der Waals surface area contributed by atoms with Crippen LogP contribution in [0.3, 0.4) is 0 Å². The minimum absolute atomic E-state index is 0.219. The Morgan fingerprint density at radius 1 is 1.30 bits per heavy atom. The van der Waals surface area contributed by atoms with Crippen molar-refractivity contribution in [1.82, 2.24) is 10.2 Å². The van der Waals surface area contributed by atoms with Crippen molar-refractivity contribution in [3.05, 3.63) is 0 Å². The van der Waals surface area contributed by atoms with Gasteiger partial charge in [0.15, 0.2) is 0 Å².